The van der Waals surface area contributed by atoms with E-state index in [-0.39, 0.29) is 10.8 Å². The van der Waals surface area contributed by atoms with Gasteiger partial charge < -0.3 is 10.1 Å². The van der Waals surface area contributed by atoms with Gasteiger partial charge in [0.1, 0.15) is 5.75 Å². The number of hydrogen-bond acceptors (Lipinski definition) is 4. The van der Waals surface area contributed by atoms with E-state index in [2.05, 4.69) is 10.0 Å². The third kappa shape index (κ3) is 4.80. The van der Waals surface area contributed by atoms with E-state index < -0.39 is 10.0 Å². The van der Waals surface area contributed by atoms with Crippen molar-refractivity contribution < 1.29 is 17.9 Å². The maximum absolute atomic E-state index is 12.7. The summed E-state index contributed by atoms with van der Waals surface area (Å²) in [5, 5.41) is 2.94. The highest BCUT2D eigenvalue weighted by atomic mass is 32.2. The summed E-state index contributed by atoms with van der Waals surface area (Å²) in [7, 11) is -2.23. The van der Waals surface area contributed by atoms with Crippen LogP contribution in [0.2, 0.25) is 0 Å². The summed E-state index contributed by atoms with van der Waals surface area (Å²) in [5.74, 6) is 0.347. The second-order valence-electron chi connectivity index (χ2n) is 6.78. The molecule has 0 aromatic heterocycles. The lowest BCUT2D eigenvalue weighted by Crippen LogP contribution is -2.16. The number of rotatable bonds is 7. The van der Waals surface area contributed by atoms with Gasteiger partial charge in [0.05, 0.1) is 12.0 Å². The number of ether oxygens (including phenoxy) is 1. The number of nitrogens with one attached hydrogen (secondary N) is 2. The van der Waals surface area contributed by atoms with Crippen molar-refractivity contribution in [3.63, 3.8) is 0 Å². The molecule has 0 radical (unpaired) electrons. The molecule has 0 atom stereocenters. The number of benzene rings is 3. The minimum absolute atomic E-state index is 0.0695. The first-order valence-corrected chi connectivity index (χ1v) is 11.0. The maximum atomic E-state index is 12.7. The van der Waals surface area contributed by atoms with Crippen LogP contribution in [0.1, 0.15) is 28.4 Å². The average Bonchev–Trinajstić information content (AvgIpc) is 2.75. The van der Waals surface area contributed by atoms with E-state index in [1.165, 1.54) is 24.3 Å². The Balaban J connectivity index is 1.76. The van der Waals surface area contributed by atoms with Gasteiger partial charge in [0.25, 0.3) is 15.9 Å². The van der Waals surface area contributed by atoms with Gasteiger partial charge in [-0.15, -0.1) is 0 Å². The highest BCUT2D eigenvalue weighted by Gasteiger charge is 2.16. The average molecular weight is 425 g/mol. The van der Waals surface area contributed by atoms with E-state index in [4.69, 9.17) is 4.74 Å². The lowest BCUT2D eigenvalue weighted by Gasteiger charge is -2.13. The number of sulfonamides is 1. The maximum Gasteiger partial charge on any atom is 0.261 e. The van der Waals surface area contributed by atoms with Crippen LogP contribution in [0.4, 0.5) is 11.4 Å². The van der Waals surface area contributed by atoms with Gasteiger partial charge in [-0.05, 0) is 73.0 Å². The second kappa shape index (κ2) is 9.00. The standard InChI is InChI=1S/C23H24N2O4S/c1-4-17-7-5-6-16(2)22(17)24-23(26)18-8-14-21(15-9-18)30(27,28)25-19-10-12-20(29-3)13-11-19/h5-15,25H,4H2,1-3H3,(H,24,26). The molecule has 0 aliphatic rings. The van der Waals surface area contributed by atoms with E-state index in [1.54, 1.807) is 31.4 Å². The van der Waals surface area contributed by atoms with Crippen LogP contribution >= 0.6 is 0 Å². The lowest BCUT2D eigenvalue weighted by atomic mass is 10.1. The molecule has 0 bridgehead atoms. The molecule has 3 aromatic rings. The van der Waals surface area contributed by atoms with Crippen molar-refractivity contribution in [3.8, 4) is 5.75 Å². The summed E-state index contributed by atoms with van der Waals surface area (Å²) in [4.78, 5) is 12.7. The van der Waals surface area contributed by atoms with Gasteiger partial charge in [-0.25, -0.2) is 8.42 Å². The van der Waals surface area contributed by atoms with E-state index in [1.807, 2.05) is 32.0 Å². The summed E-state index contributed by atoms with van der Waals surface area (Å²) in [6.45, 7) is 3.97. The van der Waals surface area contributed by atoms with Gasteiger partial charge >= 0.3 is 0 Å². The summed E-state index contributed by atoms with van der Waals surface area (Å²) >= 11 is 0. The number of anilines is 2. The fraction of sp³-hybridized carbons (Fsp3) is 0.174. The summed E-state index contributed by atoms with van der Waals surface area (Å²) in [5.41, 5.74) is 3.62. The van der Waals surface area contributed by atoms with Crippen molar-refractivity contribution in [2.45, 2.75) is 25.2 Å². The molecule has 0 aliphatic carbocycles. The second-order valence-corrected chi connectivity index (χ2v) is 8.46. The Kier molecular flexibility index (Phi) is 6.42. The molecular weight excluding hydrogens is 400 g/mol. The largest absolute Gasteiger partial charge is 0.497 e. The fourth-order valence-corrected chi connectivity index (χ4v) is 4.10. The lowest BCUT2D eigenvalue weighted by molar-refractivity contribution is 0.102. The predicted octanol–water partition coefficient (Wildman–Crippen LogP) is 4.62. The molecule has 0 spiro atoms. The van der Waals surface area contributed by atoms with Gasteiger partial charge in [0.15, 0.2) is 0 Å². The molecule has 3 rings (SSSR count). The number of hydrogen-bond donors (Lipinski definition) is 2. The van der Waals surface area contributed by atoms with Crippen molar-refractivity contribution in [1.82, 2.24) is 0 Å². The first-order chi connectivity index (χ1) is 14.3. The number of methoxy groups -OCH3 is 1. The highest BCUT2D eigenvalue weighted by Crippen LogP contribution is 2.23. The summed E-state index contributed by atoms with van der Waals surface area (Å²) in [6, 6.07) is 18.3. The number of amides is 1. The first kappa shape index (κ1) is 21.4. The van der Waals surface area contributed by atoms with Gasteiger partial charge in [-0.1, -0.05) is 25.1 Å². The van der Waals surface area contributed by atoms with Crippen LogP contribution in [-0.2, 0) is 16.4 Å². The van der Waals surface area contributed by atoms with E-state index in [9.17, 15) is 13.2 Å². The Morgan fingerprint density at radius 2 is 1.63 bits per heavy atom. The third-order valence-electron chi connectivity index (χ3n) is 4.75. The van der Waals surface area contributed by atoms with Crippen LogP contribution in [0.3, 0.4) is 0 Å². The molecule has 0 saturated heterocycles. The van der Waals surface area contributed by atoms with Crippen molar-refractivity contribution in [3.05, 3.63) is 83.4 Å². The van der Waals surface area contributed by atoms with Gasteiger partial charge in [0.2, 0.25) is 0 Å². The molecule has 156 valence electrons. The van der Waals surface area contributed by atoms with E-state index >= 15 is 0 Å². The molecule has 3 aromatic carbocycles. The van der Waals surface area contributed by atoms with Crippen molar-refractivity contribution >= 4 is 27.3 Å². The Hall–Kier alpha value is -3.32. The molecule has 6 nitrogen and oxygen atoms in total. The van der Waals surface area contributed by atoms with E-state index in [0.29, 0.717) is 17.0 Å². The zero-order valence-electron chi connectivity index (χ0n) is 17.1. The zero-order valence-corrected chi connectivity index (χ0v) is 17.9. The Bertz CT molecular complexity index is 1140. The molecule has 0 heterocycles. The smallest absolute Gasteiger partial charge is 0.261 e. The number of carbonyl (C=O) groups excluding carboxylic acids is 1. The Morgan fingerprint density at radius 1 is 0.967 bits per heavy atom. The van der Waals surface area contributed by atoms with Crippen molar-refractivity contribution in [1.29, 1.82) is 0 Å². The monoisotopic (exact) mass is 424 g/mol. The number of para-hydroxylation sites is 1. The molecule has 1 amide bonds. The van der Waals surface area contributed by atoms with Crippen LogP contribution in [0.5, 0.6) is 5.75 Å². The van der Waals surface area contributed by atoms with Crippen molar-refractivity contribution in [2.75, 3.05) is 17.1 Å². The zero-order chi connectivity index (χ0) is 21.7. The molecule has 0 saturated carbocycles. The van der Waals surface area contributed by atoms with Crippen LogP contribution in [-0.4, -0.2) is 21.4 Å². The Labute approximate surface area is 177 Å². The first-order valence-electron chi connectivity index (χ1n) is 9.51. The third-order valence-corrected chi connectivity index (χ3v) is 6.14. The van der Waals surface area contributed by atoms with Crippen LogP contribution in [0.15, 0.2) is 71.6 Å². The molecule has 7 heteroatoms. The quantitative estimate of drug-likeness (QED) is 0.580. The SMILES string of the molecule is CCc1cccc(C)c1NC(=O)c1ccc(S(=O)(=O)Nc2ccc(OC)cc2)cc1. The van der Waals surface area contributed by atoms with Crippen LogP contribution in [0.25, 0.3) is 0 Å². The Morgan fingerprint density at radius 3 is 2.23 bits per heavy atom. The van der Waals surface area contributed by atoms with Crippen LogP contribution in [0, 0.1) is 6.92 Å². The molecule has 30 heavy (non-hydrogen) atoms. The molecular formula is C23H24N2O4S. The van der Waals surface area contributed by atoms with Gasteiger partial charge in [-0.3, -0.25) is 9.52 Å². The van der Waals surface area contributed by atoms with Gasteiger partial charge in [-0.2, -0.15) is 0 Å². The fourth-order valence-electron chi connectivity index (χ4n) is 3.05. The van der Waals surface area contributed by atoms with E-state index in [0.717, 1.165) is 23.2 Å². The van der Waals surface area contributed by atoms with Gasteiger partial charge in [0, 0.05) is 16.9 Å². The summed E-state index contributed by atoms with van der Waals surface area (Å²) < 4.78 is 32.8. The molecule has 0 fully saturated rings. The number of carbonyl (C=O) groups is 1. The minimum Gasteiger partial charge on any atom is -0.497 e. The van der Waals surface area contributed by atoms with Crippen LogP contribution < -0.4 is 14.8 Å². The predicted molar refractivity (Wildman–Crippen MR) is 119 cm³/mol. The normalized spacial score (nSPS) is 11.0. The highest BCUT2D eigenvalue weighted by molar-refractivity contribution is 7.92. The molecule has 0 aliphatic heterocycles. The molecule has 0 unspecified atom stereocenters. The van der Waals surface area contributed by atoms with Crippen molar-refractivity contribution in [2.24, 2.45) is 0 Å². The summed E-state index contributed by atoms with van der Waals surface area (Å²) in [6.07, 6.45) is 0.797. The molecule has 2 N–H and O–H groups in total. The topological polar surface area (TPSA) is 84.5 Å². The number of aryl methyl sites for hydroxylation is 2. The minimum atomic E-state index is -3.77.